The van der Waals surface area contributed by atoms with Crippen LogP contribution in [0.4, 0.5) is 0 Å². The Morgan fingerprint density at radius 3 is 2.85 bits per heavy atom. The lowest BCUT2D eigenvalue weighted by Gasteiger charge is -2.32. The molecule has 2 aromatic carbocycles. The van der Waals surface area contributed by atoms with Crippen LogP contribution in [0.15, 0.2) is 42.5 Å². The van der Waals surface area contributed by atoms with Gasteiger partial charge >= 0.3 is 0 Å². The molecule has 1 unspecified atom stereocenters. The fraction of sp³-hybridized carbons (Fsp3) is 0.444. The van der Waals surface area contributed by atoms with E-state index in [1.807, 2.05) is 0 Å². The monoisotopic (exact) mass is 268 g/mol. The molecule has 1 aliphatic heterocycles. The van der Waals surface area contributed by atoms with Crippen molar-refractivity contribution in [1.82, 2.24) is 10.2 Å². The Morgan fingerprint density at radius 1 is 1.10 bits per heavy atom. The summed E-state index contributed by atoms with van der Waals surface area (Å²) in [7, 11) is 2.25. The molecule has 0 aromatic heterocycles. The molecule has 2 nitrogen and oxygen atoms in total. The average Bonchev–Trinajstić information content (AvgIpc) is 2.49. The molecule has 1 saturated heterocycles. The van der Waals surface area contributed by atoms with Gasteiger partial charge in [-0.25, -0.2) is 0 Å². The molecule has 2 heteroatoms. The van der Waals surface area contributed by atoms with Gasteiger partial charge in [0.15, 0.2) is 0 Å². The summed E-state index contributed by atoms with van der Waals surface area (Å²) in [6.07, 6.45) is 4.07. The molecular formula is C18H24N2. The lowest BCUT2D eigenvalue weighted by Crippen LogP contribution is -2.42. The molecule has 1 aliphatic rings. The number of likely N-dealkylation sites (N-methyl/N-ethyl adjacent to an activating group) is 1. The number of nitrogens with one attached hydrogen (secondary N) is 1. The number of piperidine rings is 1. The number of hydrogen-bond donors (Lipinski definition) is 1. The SMILES string of the molecule is CN1CCCCC1CNCc1cccc2ccccc12. The van der Waals surface area contributed by atoms with Crippen molar-refractivity contribution < 1.29 is 0 Å². The summed E-state index contributed by atoms with van der Waals surface area (Å²) in [5, 5.41) is 6.36. The summed E-state index contributed by atoms with van der Waals surface area (Å²) in [6.45, 7) is 3.31. The molecule has 0 saturated carbocycles. The van der Waals surface area contributed by atoms with Crippen LogP contribution in [0.3, 0.4) is 0 Å². The second kappa shape index (κ2) is 6.38. The lowest BCUT2D eigenvalue weighted by molar-refractivity contribution is 0.181. The lowest BCUT2D eigenvalue weighted by atomic mass is 10.0. The highest BCUT2D eigenvalue weighted by atomic mass is 15.2. The second-order valence-electron chi connectivity index (χ2n) is 5.90. The van der Waals surface area contributed by atoms with E-state index in [-0.39, 0.29) is 0 Å². The first-order chi connectivity index (χ1) is 9.84. The minimum Gasteiger partial charge on any atom is -0.311 e. The Hall–Kier alpha value is -1.38. The van der Waals surface area contributed by atoms with Gasteiger partial charge in [0.25, 0.3) is 0 Å². The summed E-state index contributed by atoms with van der Waals surface area (Å²) in [4.78, 5) is 2.50. The van der Waals surface area contributed by atoms with E-state index in [1.165, 1.54) is 42.1 Å². The summed E-state index contributed by atoms with van der Waals surface area (Å²) < 4.78 is 0. The van der Waals surface area contributed by atoms with Gasteiger partial charge in [0, 0.05) is 19.1 Å². The van der Waals surface area contributed by atoms with Gasteiger partial charge in [-0.15, -0.1) is 0 Å². The zero-order chi connectivity index (χ0) is 13.8. The van der Waals surface area contributed by atoms with E-state index in [0.29, 0.717) is 6.04 Å². The quantitative estimate of drug-likeness (QED) is 0.914. The summed E-state index contributed by atoms with van der Waals surface area (Å²) in [5.41, 5.74) is 1.40. The molecule has 1 heterocycles. The van der Waals surface area contributed by atoms with Crippen LogP contribution in [0.5, 0.6) is 0 Å². The Labute approximate surface area is 121 Å². The molecule has 20 heavy (non-hydrogen) atoms. The first-order valence-electron chi connectivity index (χ1n) is 7.72. The molecule has 0 amide bonds. The standard InChI is InChI=1S/C18H24N2/c1-20-12-5-4-10-17(20)14-19-13-16-9-6-8-15-7-2-3-11-18(15)16/h2-3,6-9,11,17,19H,4-5,10,12-14H2,1H3. The van der Waals surface area contributed by atoms with Gasteiger partial charge in [-0.1, -0.05) is 48.9 Å². The number of likely N-dealkylation sites (tertiary alicyclic amines) is 1. The van der Waals surface area contributed by atoms with Crippen LogP contribution in [0.1, 0.15) is 24.8 Å². The highest BCUT2D eigenvalue weighted by Crippen LogP contribution is 2.19. The summed E-state index contributed by atoms with van der Waals surface area (Å²) in [6, 6.07) is 15.9. The van der Waals surface area contributed by atoms with Crippen LogP contribution in [0.25, 0.3) is 10.8 Å². The third kappa shape index (κ3) is 3.02. The van der Waals surface area contributed by atoms with Gasteiger partial charge in [-0.3, -0.25) is 0 Å². The van der Waals surface area contributed by atoms with Crippen molar-refractivity contribution in [2.75, 3.05) is 20.1 Å². The van der Waals surface area contributed by atoms with Crippen LogP contribution >= 0.6 is 0 Å². The normalized spacial score (nSPS) is 20.4. The zero-order valence-corrected chi connectivity index (χ0v) is 12.3. The van der Waals surface area contributed by atoms with Gasteiger partial charge < -0.3 is 10.2 Å². The predicted molar refractivity (Wildman–Crippen MR) is 85.9 cm³/mol. The van der Waals surface area contributed by atoms with Crippen molar-refractivity contribution in [3.05, 3.63) is 48.0 Å². The maximum atomic E-state index is 3.65. The van der Waals surface area contributed by atoms with Crippen molar-refractivity contribution in [1.29, 1.82) is 0 Å². The van der Waals surface area contributed by atoms with Crippen molar-refractivity contribution in [3.63, 3.8) is 0 Å². The Morgan fingerprint density at radius 2 is 1.95 bits per heavy atom. The number of nitrogens with zero attached hydrogens (tertiary/aromatic N) is 1. The average molecular weight is 268 g/mol. The van der Waals surface area contributed by atoms with Gasteiger partial charge in [0.05, 0.1) is 0 Å². The summed E-state index contributed by atoms with van der Waals surface area (Å²) >= 11 is 0. The minimum atomic E-state index is 0.707. The Bertz CT molecular complexity index is 559. The van der Waals surface area contributed by atoms with Crippen LogP contribution in [0, 0.1) is 0 Å². The van der Waals surface area contributed by atoms with Crippen molar-refractivity contribution in [2.24, 2.45) is 0 Å². The number of hydrogen-bond acceptors (Lipinski definition) is 2. The highest BCUT2D eigenvalue weighted by Gasteiger charge is 2.17. The van der Waals surface area contributed by atoms with E-state index < -0.39 is 0 Å². The van der Waals surface area contributed by atoms with Gasteiger partial charge in [-0.05, 0) is 42.8 Å². The number of rotatable bonds is 4. The van der Waals surface area contributed by atoms with Crippen LogP contribution in [-0.4, -0.2) is 31.1 Å². The molecule has 2 aromatic rings. The van der Waals surface area contributed by atoms with Crippen LogP contribution in [-0.2, 0) is 6.54 Å². The van der Waals surface area contributed by atoms with Gasteiger partial charge in [0.1, 0.15) is 0 Å². The number of benzene rings is 2. The highest BCUT2D eigenvalue weighted by molar-refractivity contribution is 5.85. The molecule has 0 bridgehead atoms. The zero-order valence-electron chi connectivity index (χ0n) is 12.3. The molecule has 0 aliphatic carbocycles. The fourth-order valence-electron chi connectivity index (χ4n) is 3.22. The topological polar surface area (TPSA) is 15.3 Å². The first-order valence-corrected chi connectivity index (χ1v) is 7.72. The third-order valence-corrected chi connectivity index (χ3v) is 4.50. The van der Waals surface area contributed by atoms with E-state index in [9.17, 15) is 0 Å². The minimum absolute atomic E-state index is 0.707. The molecule has 1 fully saturated rings. The molecule has 3 rings (SSSR count). The molecular weight excluding hydrogens is 244 g/mol. The van der Waals surface area contributed by atoms with E-state index in [1.54, 1.807) is 0 Å². The predicted octanol–water partition coefficient (Wildman–Crippen LogP) is 3.41. The van der Waals surface area contributed by atoms with Crippen molar-refractivity contribution in [2.45, 2.75) is 31.8 Å². The largest absolute Gasteiger partial charge is 0.311 e. The maximum absolute atomic E-state index is 3.65. The fourth-order valence-corrected chi connectivity index (χ4v) is 3.22. The molecule has 1 atom stereocenters. The molecule has 0 radical (unpaired) electrons. The van der Waals surface area contributed by atoms with Crippen LogP contribution < -0.4 is 5.32 Å². The number of fused-ring (bicyclic) bond motifs is 1. The molecule has 0 spiro atoms. The van der Waals surface area contributed by atoms with Gasteiger partial charge in [0.2, 0.25) is 0 Å². The third-order valence-electron chi connectivity index (χ3n) is 4.50. The Balaban J connectivity index is 1.62. The Kier molecular flexibility index (Phi) is 4.34. The van der Waals surface area contributed by atoms with Crippen LogP contribution in [0.2, 0.25) is 0 Å². The van der Waals surface area contributed by atoms with E-state index in [4.69, 9.17) is 0 Å². The summed E-state index contributed by atoms with van der Waals surface area (Å²) in [5.74, 6) is 0. The first kappa shape index (κ1) is 13.6. The maximum Gasteiger partial charge on any atom is 0.0217 e. The molecule has 106 valence electrons. The van der Waals surface area contributed by atoms with E-state index >= 15 is 0 Å². The van der Waals surface area contributed by atoms with E-state index in [2.05, 4.69) is 59.7 Å². The smallest absolute Gasteiger partial charge is 0.0217 e. The molecule has 1 N–H and O–H groups in total. The van der Waals surface area contributed by atoms with Crippen molar-refractivity contribution >= 4 is 10.8 Å². The van der Waals surface area contributed by atoms with Gasteiger partial charge in [-0.2, -0.15) is 0 Å². The van der Waals surface area contributed by atoms with E-state index in [0.717, 1.165) is 13.1 Å². The second-order valence-corrected chi connectivity index (χ2v) is 5.90. The van der Waals surface area contributed by atoms with Crippen molar-refractivity contribution in [3.8, 4) is 0 Å².